The molecule has 0 fully saturated rings. The number of nitrogens with one attached hydrogen (secondary N) is 1. The van der Waals surface area contributed by atoms with Crippen LogP contribution in [0.25, 0.3) is 0 Å². The van der Waals surface area contributed by atoms with Crippen LogP contribution in [0, 0.1) is 5.41 Å². The van der Waals surface area contributed by atoms with E-state index in [1.807, 2.05) is 6.92 Å². The highest BCUT2D eigenvalue weighted by Gasteiger charge is 2.42. The van der Waals surface area contributed by atoms with Crippen molar-refractivity contribution in [3.8, 4) is 0 Å². The molecule has 128 valence electrons. The number of hydroxylamine groups is 1. The molecule has 0 heterocycles. The van der Waals surface area contributed by atoms with E-state index in [1.165, 1.54) is 7.11 Å². The molecule has 0 saturated carbocycles. The lowest BCUT2D eigenvalue weighted by molar-refractivity contribution is -0.138. The van der Waals surface area contributed by atoms with Gasteiger partial charge >= 0.3 is 5.97 Å². The number of aliphatic hydroxyl groups excluding tert-OH is 1. The van der Waals surface area contributed by atoms with Crippen LogP contribution in [0.5, 0.6) is 0 Å². The maximum atomic E-state index is 12.5. The van der Waals surface area contributed by atoms with Crippen LogP contribution in [-0.2, 0) is 19.2 Å². The van der Waals surface area contributed by atoms with Crippen LogP contribution in [0.1, 0.15) is 40.0 Å². The first-order valence-corrected chi connectivity index (χ1v) is 7.57. The summed E-state index contributed by atoms with van der Waals surface area (Å²) in [6, 6.07) is 0. The minimum absolute atomic E-state index is 0.0932. The summed E-state index contributed by atoms with van der Waals surface area (Å²) < 4.78 is 4.76. The van der Waals surface area contributed by atoms with E-state index < -0.39 is 11.4 Å². The Morgan fingerprint density at radius 1 is 1.48 bits per heavy atom. The third-order valence-electron chi connectivity index (χ3n) is 3.62. The molecule has 0 amide bonds. The Kier molecular flexibility index (Phi) is 6.57. The number of hydrogen-bond acceptors (Lipinski definition) is 6. The van der Waals surface area contributed by atoms with Gasteiger partial charge in [-0.1, -0.05) is 33.3 Å². The Morgan fingerprint density at radius 2 is 2.13 bits per heavy atom. The standard InChI is InChI=1S/C17H25NO5/c1-6-8-11(18-23-9-7-2)13-12(19)10-17(3,4)14(15(13)20)16(21)22-5/h7,18,20H,2,6,8-10H2,1,3-5H3/b13-11+. The maximum Gasteiger partial charge on any atom is 0.338 e. The topological polar surface area (TPSA) is 84.9 Å². The number of Topliss-reactive ketones (excluding diaryl/α,β-unsaturated/α-hetero) is 1. The Bertz CT molecular complexity index is 557. The second-order valence-electron chi connectivity index (χ2n) is 6.00. The highest BCUT2D eigenvalue weighted by atomic mass is 16.6. The van der Waals surface area contributed by atoms with Gasteiger partial charge in [0.15, 0.2) is 5.78 Å². The van der Waals surface area contributed by atoms with Crippen molar-refractivity contribution in [1.29, 1.82) is 0 Å². The number of hydrogen-bond donors (Lipinski definition) is 2. The molecule has 23 heavy (non-hydrogen) atoms. The van der Waals surface area contributed by atoms with Gasteiger partial charge in [-0.05, 0) is 6.42 Å². The van der Waals surface area contributed by atoms with Gasteiger partial charge in [0.05, 0.1) is 30.6 Å². The lowest BCUT2D eigenvalue weighted by Crippen LogP contribution is -2.35. The number of aliphatic hydroxyl groups is 1. The first-order valence-electron chi connectivity index (χ1n) is 7.57. The van der Waals surface area contributed by atoms with Crippen LogP contribution < -0.4 is 5.48 Å². The van der Waals surface area contributed by atoms with E-state index in [0.29, 0.717) is 12.1 Å². The molecule has 1 aliphatic carbocycles. The van der Waals surface area contributed by atoms with Crippen molar-refractivity contribution in [2.75, 3.05) is 13.7 Å². The Morgan fingerprint density at radius 3 is 2.65 bits per heavy atom. The highest BCUT2D eigenvalue weighted by molar-refractivity contribution is 6.06. The van der Waals surface area contributed by atoms with E-state index in [9.17, 15) is 14.7 Å². The Balaban J connectivity index is 3.44. The minimum atomic E-state index is -0.795. The molecule has 0 spiro atoms. The molecular formula is C17H25NO5. The molecular weight excluding hydrogens is 298 g/mol. The zero-order valence-electron chi connectivity index (χ0n) is 14.2. The number of ether oxygens (including phenoxy) is 1. The van der Waals surface area contributed by atoms with Gasteiger partial charge in [-0.25, -0.2) is 4.79 Å². The van der Waals surface area contributed by atoms with Gasteiger partial charge in [-0.15, -0.1) is 6.58 Å². The summed E-state index contributed by atoms with van der Waals surface area (Å²) in [5, 5.41) is 10.6. The molecule has 6 nitrogen and oxygen atoms in total. The zero-order chi connectivity index (χ0) is 17.6. The summed E-state index contributed by atoms with van der Waals surface area (Å²) in [6.07, 6.45) is 2.90. The Hall–Kier alpha value is -2.08. The maximum absolute atomic E-state index is 12.5. The summed E-state index contributed by atoms with van der Waals surface area (Å²) in [5.74, 6) is -1.21. The quantitative estimate of drug-likeness (QED) is 0.246. The van der Waals surface area contributed by atoms with Crippen LogP contribution in [0.2, 0.25) is 0 Å². The molecule has 0 aliphatic heterocycles. The summed E-state index contributed by atoms with van der Waals surface area (Å²) in [6.45, 7) is 9.18. The fraction of sp³-hybridized carbons (Fsp3) is 0.529. The zero-order valence-corrected chi connectivity index (χ0v) is 14.2. The number of allylic oxidation sites excluding steroid dienone is 2. The van der Waals surface area contributed by atoms with Gasteiger partial charge in [-0.2, -0.15) is 0 Å². The van der Waals surface area contributed by atoms with Gasteiger partial charge in [0.1, 0.15) is 5.76 Å². The molecule has 2 N–H and O–H groups in total. The monoisotopic (exact) mass is 323 g/mol. The normalized spacial score (nSPS) is 19.4. The summed E-state index contributed by atoms with van der Waals surface area (Å²) in [4.78, 5) is 29.7. The molecule has 0 aromatic carbocycles. The number of esters is 1. The second kappa shape index (κ2) is 7.97. The predicted molar refractivity (Wildman–Crippen MR) is 86.3 cm³/mol. The van der Waals surface area contributed by atoms with E-state index in [-0.39, 0.29) is 35.7 Å². The number of carbonyl (C=O) groups excluding carboxylic acids is 2. The number of ketones is 1. The largest absolute Gasteiger partial charge is 0.507 e. The molecule has 0 unspecified atom stereocenters. The highest BCUT2D eigenvalue weighted by Crippen LogP contribution is 2.41. The molecule has 0 aromatic heterocycles. The van der Waals surface area contributed by atoms with E-state index in [4.69, 9.17) is 9.57 Å². The van der Waals surface area contributed by atoms with Gasteiger partial charge in [0, 0.05) is 11.8 Å². The van der Waals surface area contributed by atoms with Gasteiger partial charge in [-0.3, -0.25) is 15.1 Å². The van der Waals surface area contributed by atoms with Crippen LogP contribution in [0.3, 0.4) is 0 Å². The van der Waals surface area contributed by atoms with Crippen molar-refractivity contribution < 1.29 is 24.3 Å². The number of methoxy groups -OCH3 is 1. The van der Waals surface area contributed by atoms with Crippen LogP contribution >= 0.6 is 0 Å². The van der Waals surface area contributed by atoms with Crippen molar-refractivity contribution in [2.45, 2.75) is 40.0 Å². The lowest BCUT2D eigenvalue weighted by Gasteiger charge is -2.32. The summed E-state index contributed by atoms with van der Waals surface area (Å²) in [7, 11) is 1.25. The number of carbonyl (C=O) groups is 2. The van der Waals surface area contributed by atoms with Crippen molar-refractivity contribution in [2.24, 2.45) is 5.41 Å². The molecule has 0 aromatic rings. The molecule has 6 heteroatoms. The van der Waals surface area contributed by atoms with Gasteiger partial charge in [0.2, 0.25) is 0 Å². The molecule has 0 bridgehead atoms. The van der Waals surface area contributed by atoms with Gasteiger partial charge in [0.25, 0.3) is 0 Å². The van der Waals surface area contributed by atoms with Crippen LogP contribution in [0.15, 0.2) is 35.3 Å². The fourth-order valence-corrected chi connectivity index (χ4v) is 2.61. The van der Waals surface area contributed by atoms with E-state index in [0.717, 1.165) is 6.42 Å². The van der Waals surface area contributed by atoms with Crippen LogP contribution in [0.4, 0.5) is 0 Å². The van der Waals surface area contributed by atoms with E-state index >= 15 is 0 Å². The molecule has 1 aliphatic rings. The average molecular weight is 323 g/mol. The predicted octanol–water partition coefficient (Wildman–Crippen LogP) is 2.73. The second-order valence-corrected chi connectivity index (χ2v) is 6.00. The van der Waals surface area contributed by atoms with E-state index in [1.54, 1.807) is 19.9 Å². The van der Waals surface area contributed by atoms with Crippen molar-refractivity contribution >= 4 is 11.8 Å². The lowest BCUT2D eigenvalue weighted by atomic mass is 9.72. The van der Waals surface area contributed by atoms with Crippen LogP contribution in [-0.4, -0.2) is 30.6 Å². The van der Waals surface area contributed by atoms with Crippen molar-refractivity contribution in [3.63, 3.8) is 0 Å². The average Bonchev–Trinajstić information content (AvgIpc) is 2.45. The summed E-state index contributed by atoms with van der Waals surface area (Å²) >= 11 is 0. The molecule has 0 atom stereocenters. The molecule has 1 rings (SSSR count). The smallest absolute Gasteiger partial charge is 0.338 e. The van der Waals surface area contributed by atoms with Gasteiger partial charge < -0.3 is 9.84 Å². The SMILES string of the molecule is C=CCON/C(CCC)=C1\C(=O)CC(C)(C)C(C(=O)OC)=C1O. The molecule has 0 saturated heterocycles. The minimum Gasteiger partial charge on any atom is -0.507 e. The van der Waals surface area contributed by atoms with Crippen molar-refractivity contribution in [1.82, 2.24) is 5.48 Å². The van der Waals surface area contributed by atoms with Crippen molar-refractivity contribution in [3.05, 3.63) is 35.3 Å². The summed E-state index contributed by atoms with van der Waals surface area (Å²) in [5.41, 5.74) is 2.55. The fourth-order valence-electron chi connectivity index (χ4n) is 2.61. The molecule has 0 radical (unpaired) electrons. The third kappa shape index (κ3) is 4.22. The third-order valence-corrected chi connectivity index (χ3v) is 3.62. The first kappa shape index (κ1) is 19.0. The number of rotatable bonds is 7. The van der Waals surface area contributed by atoms with E-state index in [2.05, 4.69) is 12.1 Å². The Labute approximate surface area is 136 Å². The first-order chi connectivity index (χ1) is 10.8.